The summed E-state index contributed by atoms with van der Waals surface area (Å²) in [6, 6.07) is 0. The van der Waals surface area contributed by atoms with Crippen LogP contribution in [-0.4, -0.2) is 23.8 Å². The number of ether oxygens (including phenoxy) is 1. The fourth-order valence-electron chi connectivity index (χ4n) is 3.24. The summed E-state index contributed by atoms with van der Waals surface area (Å²) in [6.07, 6.45) is 3.04. The highest BCUT2D eigenvalue weighted by Gasteiger charge is 2.56. The van der Waals surface area contributed by atoms with Crippen molar-refractivity contribution in [2.24, 2.45) is 10.8 Å². The predicted molar refractivity (Wildman–Crippen MR) is 64.7 cm³/mol. The molecule has 0 amide bonds. The number of fused-ring (bicyclic) bond motifs is 3. The Kier molecular flexibility index (Phi) is 2.73. The van der Waals surface area contributed by atoms with Gasteiger partial charge in [0.2, 0.25) is 0 Å². The van der Waals surface area contributed by atoms with Crippen molar-refractivity contribution in [3.05, 3.63) is 0 Å². The fraction of sp³-hybridized carbons (Fsp3) is 0.857. The molecular formula is C14H22O3. The summed E-state index contributed by atoms with van der Waals surface area (Å²) in [7, 11) is 0. The van der Waals surface area contributed by atoms with Crippen molar-refractivity contribution in [1.82, 2.24) is 0 Å². The van der Waals surface area contributed by atoms with Crippen molar-refractivity contribution >= 4 is 11.6 Å². The van der Waals surface area contributed by atoms with E-state index in [1.807, 2.05) is 20.8 Å². The van der Waals surface area contributed by atoms with Gasteiger partial charge in [-0.25, -0.2) is 0 Å². The quantitative estimate of drug-likeness (QED) is 0.742. The molecule has 96 valence electrons. The first-order valence-electron chi connectivity index (χ1n) is 6.42. The van der Waals surface area contributed by atoms with Gasteiger partial charge in [-0.2, -0.15) is 0 Å². The van der Waals surface area contributed by atoms with Crippen LogP contribution in [0.5, 0.6) is 0 Å². The van der Waals surface area contributed by atoms with Crippen LogP contribution in [0.25, 0.3) is 0 Å². The Morgan fingerprint density at radius 2 is 1.59 bits per heavy atom. The minimum atomic E-state index is -0.570. The van der Waals surface area contributed by atoms with Crippen LogP contribution in [0.3, 0.4) is 0 Å². The van der Waals surface area contributed by atoms with E-state index in [-0.39, 0.29) is 16.6 Å². The number of carbonyl (C=O) groups excluding carboxylic acids is 2. The summed E-state index contributed by atoms with van der Waals surface area (Å²) >= 11 is 0. The Balaban J connectivity index is 2.20. The van der Waals surface area contributed by atoms with Crippen LogP contribution in [0.4, 0.5) is 0 Å². The highest BCUT2D eigenvalue weighted by Crippen LogP contribution is 2.51. The summed E-state index contributed by atoms with van der Waals surface area (Å²) < 4.78 is 5.78. The van der Waals surface area contributed by atoms with Gasteiger partial charge in [-0.05, 0) is 32.6 Å². The average Bonchev–Trinajstić information content (AvgIpc) is 2.29. The minimum absolute atomic E-state index is 0.119. The van der Waals surface area contributed by atoms with Crippen LogP contribution in [-0.2, 0) is 14.3 Å². The van der Waals surface area contributed by atoms with Gasteiger partial charge in [-0.15, -0.1) is 0 Å². The maximum Gasteiger partial charge on any atom is 0.161 e. The van der Waals surface area contributed by atoms with Gasteiger partial charge < -0.3 is 4.74 Å². The van der Waals surface area contributed by atoms with Crippen LogP contribution in [0, 0.1) is 10.8 Å². The second-order valence-electron chi connectivity index (χ2n) is 6.70. The number of hydrogen-bond donors (Lipinski definition) is 0. The summed E-state index contributed by atoms with van der Waals surface area (Å²) in [6.45, 7) is 7.93. The van der Waals surface area contributed by atoms with Crippen LogP contribution >= 0.6 is 0 Å². The summed E-state index contributed by atoms with van der Waals surface area (Å²) in [5.41, 5.74) is -1.22. The van der Waals surface area contributed by atoms with Gasteiger partial charge in [0.15, 0.2) is 5.78 Å². The van der Waals surface area contributed by atoms with Crippen molar-refractivity contribution in [3.8, 4) is 0 Å². The van der Waals surface area contributed by atoms with E-state index in [2.05, 4.69) is 0 Å². The lowest BCUT2D eigenvalue weighted by molar-refractivity contribution is -0.196. The van der Waals surface area contributed by atoms with Crippen molar-refractivity contribution in [1.29, 1.82) is 0 Å². The number of ketones is 2. The van der Waals surface area contributed by atoms with Gasteiger partial charge >= 0.3 is 0 Å². The third-order valence-corrected chi connectivity index (χ3v) is 4.44. The van der Waals surface area contributed by atoms with Gasteiger partial charge in [-0.1, -0.05) is 20.8 Å². The molecular weight excluding hydrogens is 216 g/mol. The molecule has 1 saturated carbocycles. The Morgan fingerprint density at radius 3 is 1.88 bits per heavy atom. The third kappa shape index (κ3) is 1.85. The Labute approximate surface area is 103 Å². The molecule has 3 aliphatic rings. The second-order valence-corrected chi connectivity index (χ2v) is 6.70. The zero-order valence-electron chi connectivity index (χ0n) is 11.3. The largest absolute Gasteiger partial charge is 0.366 e. The molecule has 0 unspecified atom stereocenters. The van der Waals surface area contributed by atoms with E-state index in [1.54, 1.807) is 6.92 Å². The number of carbonyl (C=O) groups is 2. The lowest BCUT2D eigenvalue weighted by Gasteiger charge is -2.52. The van der Waals surface area contributed by atoms with Gasteiger partial charge in [0, 0.05) is 5.41 Å². The molecule has 3 fully saturated rings. The molecule has 2 heterocycles. The summed E-state index contributed by atoms with van der Waals surface area (Å²) in [4.78, 5) is 24.1. The number of Topliss-reactive ketones (excluding diaryl/α,β-unsaturated/α-hetero) is 2. The standard InChI is InChI=1S/C14H22O3/c1-10(15)14-7-5-13(6-8-14,9-17-14)11(16)12(2,3)4/h5-9H2,1-4H3. The van der Waals surface area contributed by atoms with Crippen molar-refractivity contribution in [2.45, 2.75) is 59.0 Å². The predicted octanol–water partition coefficient (Wildman–Crippen LogP) is 2.52. The zero-order chi connectivity index (χ0) is 12.9. The molecule has 0 atom stereocenters. The Morgan fingerprint density at radius 1 is 1.06 bits per heavy atom. The highest BCUT2D eigenvalue weighted by atomic mass is 16.5. The smallest absolute Gasteiger partial charge is 0.161 e. The molecule has 3 rings (SSSR count). The fourth-order valence-corrected chi connectivity index (χ4v) is 3.24. The summed E-state index contributed by atoms with van der Waals surface area (Å²) in [5.74, 6) is 0.413. The minimum Gasteiger partial charge on any atom is -0.366 e. The molecule has 0 aromatic heterocycles. The second kappa shape index (κ2) is 3.64. The van der Waals surface area contributed by atoms with E-state index in [0.717, 1.165) is 12.8 Å². The van der Waals surface area contributed by atoms with E-state index in [9.17, 15) is 9.59 Å². The van der Waals surface area contributed by atoms with Gasteiger partial charge in [0.05, 0.1) is 12.0 Å². The van der Waals surface area contributed by atoms with Crippen molar-refractivity contribution in [2.75, 3.05) is 6.61 Å². The Bertz CT molecular complexity index is 338. The van der Waals surface area contributed by atoms with E-state index >= 15 is 0 Å². The maximum atomic E-state index is 12.5. The number of hydrogen-bond acceptors (Lipinski definition) is 3. The highest BCUT2D eigenvalue weighted by molar-refractivity contribution is 5.91. The van der Waals surface area contributed by atoms with Gasteiger partial charge in [0.1, 0.15) is 11.4 Å². The number of rotatable bonds is 2. The van der Waals surface area contributed by atoms with E-state index in [0.29, 0.717) is 25.2 Å². The molecule has 2 aliphatic heterocycles. The third-order valence-electron chi connectivity index (χ3n) is 4.44. The van der Waals surface area contributed by atoms with E-state index < -0.39 is 5.60 Å². The van der Waals surface area contributed by atoms with Gasteiger partial charge in [0.25, 0.3) is 0 Å². The van der Waals surface area contributed by atoms with Crippen molar-refractivity contribution < 1.29 is 14.3 Å². The van der Waals surface area contributed by atoms with Crippen LogP contribution < -0.4 is 0 Å². The molecule has 0 N–H and O–H groups in total. The lowest BCUT2D eigenvalue weighted by atomic mass is 9.59. The first-order valence-corrected chi connectivity index (χ1v) is 6.42. The monoisotopic (exact) mass is 238 g/mol. The molecule has 3 nitrogen and oxygen atoms in total. The van der Waals surface area contributed by atoms with Crippen LogP contribution in [0.15, 0.2) is 0 Å². The van der Waals surface area contributed by atoms with E-state index in [4.69, 9.17) is 4.74 Å². The van der Waals surface area contributed by atoms with E-state index in [1.165, 1.54) is 0 Å². The molecule has 17 heavy (non-hydrogen) atoms. The normalized spacial score (nSPS) is 36.9. The summed E-state index contributed by atoms with van der Waals surface area (Å²) in [5, 5.41) is 0. The Hall–Kier alpha value is -0.700. The van der Waals surface area contributed by atoms with Crippen molar-refractivity contribution in [3.63, 3.8) is 0 Å². The molecule has 1 aliphatic carbocycles. The molecule has 0 aromatic carbocycles. The molecule has 0 spiro atoms. The molecule has 3 heteroatoms. The zero-order valence-corrected chi connectivity index (χ0v) is 11.3. The lowest BCUT2D eigenvalue weighted by Crippen LogP contribution is -2.58. The van der Waals surface area contributed by atoms with Gasteiger partial charge in [-0.3, -0.25) is 9.59 Å². The van der Waals surface area contributed by atoms with Crippen LogP contribution in [0.1, 0.15) is 53.4 Å². The molecule has 2 saturated heterocycles. The molecule has 2 bridgehead atoms. The maximum absolute atomic E-state index is 12.5. The first-order chi connectivity index (χ1) is 7.72. The van der Waals surface area contributed by atoms with Crippen LogP contribution in [0.2, 0.25) is 0 Å². The SMILES string of the molecule is CC(=O)C12CCC(C(=O)C(C)(C)C)(CC1)CO2. The average molecular weight is 238 g/mol. The topological polar surface area (TPSA) is 43.4 Å². The molecule has 0 radical (unpaired) electrons. The first kappa shape index (κ1) is 12.7. The molecule has 0 aromatic rings.